The maximum absolute atomic E-state index is 13.0. The minimum Gasteiger partial charge on any atom is -0.484 e. The fourth-order valence-corrected chi connectivity index (χ4v) is 3.28. The van der Waals surface area contributed by atoms with Crippen LogP contribution in [0.5, 0.6) is 5.75 Å². The number of unbranched alkanes of at least 4 members (excludes halogenated alkanes) is 1. The Morgan fingerprint density at radius 2 is 1.73 bits per heavy atom. The van der Waals surface area contributed by atoms with Crippen LogP contribution in [0.3, 0.4) is 0 Å². The Morgan fingerprint density at radius 1 is 1.10 bits per heavy atom. The van der Waals surface area contributed by atoms with Gasteiger partial charge in [-0.25, -0.2) is 0 Å². The number of aryl methyl sites for hydroxylation is 2. The number of halogens is 1. The van der Waals surface area contributed by atoms with Crippen LogP contribution in [0.2, 0.25) is 5.02 Å². The zero-order chi connectivity index (χ0) is 22.1. The fraction of sp³-hybridized carbons (Fsp3) is 0.417. The molecule has 0 spiro atoms. The third kappa shape index (κ3) is 7.38. The second-order valence-corrected chi connectivity index (χ2v) is 8.02. The Labute approximate surface area is 184 Å². The second-order valence-electron chi connectivity index (χ2n) is 7.58. The van der Waals surface area contributed by atoms with Gasteiger partial charge in [0.05, 0.1) is 0 Å². The summed E-state index contributed by atoms with van der Waals surface area (Å²) in [7, 11) is 0. The average Bonchev–Trinajstić information content (AvgIpc) is 2.70. The van der Waals surface area contributed by atoms with Crippen LogP contribution in [0.15, 0.2) is 42.5 Å². The van der Waals surface area contributed by atoms with E-state index in [0.29, 0.717) is 23.9 Å². The molecule has 30 heavy (non-hydrogen) atoms. The highest BCUT2D eigenvalue weighted by atomic mass is 35.5. The Hall–Kier alpha value is -2.53. The summed E-state index contributed by atoms with van der Waals surface area (Å²) < 4.78 is 5.75. The van der Waals surface area contributed by atoms with E-state index in [1.165, 1.54) is 0 Å². The largest absolute Gasteiger partial charge is 0.484 e. The fourth-order valence-electron chi connectivity index (χ4n) is 3.15. The van der Waals surface area contributed by atoms with Crippen molar-refractivity contribution in [1.29, 1.82) is 0 Å². The third-order valence-corrected chi connectivity index (χ3v) is 5.07. The molecular formula is C24H31ClN2O3. The molecule has 6 heteroatoms. The highest BCUT2D eigenvalue weighted by Gasteiger charge is 2.26. The van der Waals surface area contributed by atoms with E-state index in [1.54, 1.807) is 24.0 Å². The van der Waals surface area contributed by atoms with Crippen molar-refractivity contribution in [2.24, 2.45) is 0 Å². The molecule has 5 nitrogen and oxygen atoms in total. The standard InChI is InChI=1S/C24H31ClN2O3/c1-5-6-11-26-24(29)19(4)27(15-20-7-9-21(25)10-8-20)23(28)16-30-22-13-17(2)12-18(3)14-22/h7-10,12-14,19H,5-6,11,15-16H2,1-4H3,(H,26,29)/t19-/m0/s1. The molecule has 0 aliphatic heterocycles. The van der Waals surface area contributed by atoms with Gasteiger partial charge in [-0.15, -0.1) is 0 Å². The number of nitrogens with zero attached hydrogens (tertiary/aromatic N) is 1. The van der Waals surface area contributed by atoms with Crippen molar-refractivity contribution in [3.05, 3.63) is 64.2 Å². The molecule has 162 valence electrons. The molecule has 2 aromatic carbocycles. The highest BCUT2D eigenvalue weighted by Crippen LogP contribution is 2.18. The second kappa shape index (κ2) is 11.6. The van der Waals surface area contributed by atoms with Gasteiger partial charge in [0.15, 0.2) is 6.61 Å². The minimum absolute atomic E-state index is 0.136. The van der Waals surface area contributed by atoms with Gasteiger partial charge in [0.25, 0.3) is 5.91 Å². The monoisotopic (exact) mass is 430 g/mol. The first-order valence-corrected chi connectivity index (χ1v) is 10.7. The van der Waals surface area contributed by atoms with Gasteiger partial charge in [-0.1, -0.05) is 43.1 Å². The number of hydrogen-bond acceptors (Lipinski definition) is 3. The molecule has 0 saturated carbocycles. The van der Waals surface area contributed by atoms with Gasteiger partial charge in [0, 0.05) is 18.1 Å². The molecule has 0 aliphatic carbocycles. The lowest BCUT2D eigenvalue weighted by Crippen LogP contribution is -2.49. The summed E-state index contributed by atoms with van der Waals surface area (Å²) in [5.74, 6) is 0.228. The van der Waals surface area contributed by atoms with Crippen LogP contribution in [0.1, 0.15) is 43.4 Å². The minimum atomic E-state index is -0.618. The number of carbonyl (C=O) groups is 2. The quantitative estimate of drug-likeness (QED) is 0.557. The molecule has 0 aromatic heterocycles. The van der Waals surface area contributed by atoms with Crippen LogP contribution >= 0.6 is 11.6 Å². The van der Waals surface area contributed by atoms with Gasteiger partial charge in [0.2, 0.25) is 5.91 Å². The zero-order valence-electron chi connectivity index (χ0n) is 18.2. The topological polar surface area (TPSA) is 58.6 Å². The molecule has 0 unspecified atom stereocenters. The van der Waals surface area contributed by atoms with E-state index in [9.17, 15) is 9.59 Å². The summed E-state index contributed by atoms with van der Waals surface area (Å²) in [4.78, 5) is 27.2. The Balaban J connectivity index is 2.12. The van der Waals surface area contributed by atoms with Crippen molar-refractivity contribution >= 4 is 23.4 Å². The lowest BCUT2D eigenvalue weighted by molar-refractivity contribution is -0.142. The number of amides is 2. The van der Waals surface area contributed by atoms with Gasteiger partial charge in [-0.05, 0) is 68.1 Å². The molecule has 2 aromatic rings. The normalized spacial score (nSPS) is 11.6. The molecule has 0 bridgehead atoms. The van der Waals surface area contributed by atoms with Crippen molar-refractivity contribution < 1.29 is 14.3 Å². The van der Waals surface area contributed by atoms with E-state index >= 15 is 0 Å². The molecule has 1 N–H and O–H groups in total. The van der Waals surface area contributed by atoms with E-state index in [2.05, 4.69) is 12.2 Å². The summed E-state index contributed by atoms with van der Waals surface area (Å²) in [6.45, 7) is 8.54. The number of rotatable bonds is 10. The van der Waals surface area contributed by atoms with Crippen molar-refractivity contribution in [2.45, 2.75) is 53.1 Å². The Morgan fingerprint density at radius 3 is 2.33 bits per heavy atom. The number of benzene rings is 2. The van der Waals surface area contributed by atoms with E-state index < -0.39 is 6.04 Å². The summed E-state index contributed by atoms with van der Waals surface area (Å²) in [5.41, 5.74) is 3.03. The number of ether oxygens (including phenoxy) is 1. The number of nitrogens with one attached hydrogen (secondary N) is 1. The molecule has 0 radical (unpaired) electrons. The molecule has 1 atom stereocenters. The van der Waals surface area contributed by atoms with Gasteiger partial charge >= 0.3 is 0 Å². The lowest BCUT2D eigenvalue weighted by atomic mass is 10.1. The summed E-state index contributed by atoms with van der Waals surface area (Å²) in [6, 6.07) is 12.5. The van der Waals surface area contributed by atoms with Gasteiger partial charge in [-0.2, -0.15) is 0 Å². The SMILES string of the molecule is CCCCNC(=O)[C@H](C)N(Cc1ccc(Cl)cc1)C(=O)COc1cc(C)cc(C)c1. The summed E-state index contributed by atoms with van der Waals surface area (Å²) >= 11 is 5.97. The van der Waals surface area contributed by atoms with E-state index in [4.69, 9.17) is 16.3 Å². The van der Waals surface area contributed by atoms with E-state index in [-0.39, 0.29) is 18.4 Å². The molecule has 0 fully saturated rings. The van der Waals surface area contributed by atoms with Crippen LogP contribution in [-0.2, 0) is 16.1 Å². The van der Waals surface area contributed by atoms with Crippen LogP contribution < -0.4 is 10.1 Å². The average molecular weight is 431 g/mol. The number of carbonyl (C=O) groups excluding carboxylic acids is 2. The third-order valence-electron chi connectivity index (χ3n) is 4.82. The first-order valence-electron chi connectivity index (χ1n) is 10.3. The van der Waals surface area contributed by atoms with Crippen molar-refractivity contribution in [3.63, 3.8) is 0 Å². The van der Waals surface area contributed by atoms with Crippen LogP contribution in [0.4, 0.5) is 0 Å². The van der Waals surface area contributed by atoms with Crippen LogP contribution in [-0.4, -0.2) is 35.9 Å². The molecule has 2 rings (SSSR count). The van der Waals surface area contributed by atoms with Crippen molar-refractivity contribution in [1.82, 2.24) is 10.2 Å². The maximum atomic E-state index is 13.0. The summed E-state index contributed by atoms with van der Waals surface area (Å²) in [6.07, 6.45) is 1.89. The van der Waals surface area contributed by atoms with E-state index in [1.807, 2.05) is 44.2 Å². The highest BCUT2D eigenvalue weighted by molar-refractivity contribution is 6.30. The van der Waals surface area contributed by atoms with Gasteiger partial charge in [-0.3, -0.25) is 9.59 Å². The maximum Gasteiger partial charge on any atom is 0.261 e. The Kier molecular flexibility index (Phi) is 9.18. The first kappa shape index (κ1) is 23.7. The predicted octanol–water partition coefficient (Wildman–Crippen LogP) is 4.67. The molecule has 0 aliphatic rings. The molecule has 0 heterocycles. The zero-order valence-corrected chi connectivity index (χ0v) is 19.0. The number of hydrogen-bond donors (Lipinski definition) is 1. The smallest absolute Gasteiger partial charge is 0.261 e. The van der Waals surface area contributed by atoms with Gasteiger partial charge in [0.1, 0.15) is 11.8 Å². The van der Waals surface area contributed by atoms with Crippen LogP contribution in [0, 0.1) is 13.8 Å². The van der Waals surface area contributed by atoms with E-state index in [0.717, 1.165) is 29.5 Å². The molecule has 2 amide bonds. The lowest BCUT2D eigenvalue weighted by Gasteiger charge is -2.29. The van der Waals surface area contributed by atoms with Gasteiger partial charge < -0.3 is 15.0 Å². The molecular weight excluding hydrogens is 400 g/mol. The van der Waals surface area contributed by atoms with Crippen molar-refractivity contribution in [3.8, 4) is 5.75 Å². The predicted molar refractivity (Wildman–Crippen MR) is 121 cm³/mol. The summed E-state index contributed by atoms with van der Waals surface area (Å²) in [5, 5.41) is 3.53. The Bertz CT molecular complexity index is 832. The van der Waals surface area contributed by atoms with Crippen LogP contribution in [0.25, 0.3) is 0 Å². The first-order chi connectivity index (χ1) is 14.3. The molecule has 0 saturated heterocycles. The van der Waals surface area contributed by atoms with Crippen molar-refractivity contribution in [2.75, 3.05) is 13.2 Å².